The third-order valence-electron chi connectivity index (χ3n) is 6.57. The number of fused-ring (bicyclic) bond motifs is 5. The van der Waals surface area contributed by atoms with Gasteiger partial charge >= 0.3 is 0 Å². The molecule has 1 aliphatic rings. The minimum Gasteiger partial charge on any atom is -0.497 e. The first kappa shape index (κ1) is 20.7. The zero-order chi connectivity index (χ0) is 22.4. The summed E-state index contributed by atoms with van der Waals surface area (Å²) in [4.78, 5) is 3.76. The number of hydrogen-bond donors (Lipinski definition) is 1. The lowest BCUT2D eigenvalue weighted by molar-refractivity contribution is -0.676. The first-order valence-corrected chi connectivity index (χ1v) is 11.6. The Morgan fingerprint density at radius 1 is 1.06 bits per heavy atom. The van der Waals surface area contributed by atoms with Gasteiger partial charge in [0.05, 0.1) is 38.1 Å². The monoisotopic (exact) mass is 430 g/mol. The van der Waals surface area contributed by atoms with E-state index in [1.54, 1.807) is 14.2 Å². The molecule has 0 fully saturated rings. The van der Waals surface area contributed by atoms with Gasteiger partial charge in [0.25, 0.3) is 5.82 Å². The number of aromatic amines is 1. The number of H-pyrrole nitrogens is 1. The molecule has 0 saturated carbocycles. The van der Waals surface area contributed by atoms with Crippen molar-refractivity contribution in [3.05, 3.63) is 53.7 Å². The van der Waals surface area contributed by atoms with Crippen molar-refractivity contribution < 1.29 is 14.0 Å². The van der Waals surface area contributed by atoms with Crippen molar-refractivity contribution in [3.63, 3.8) is 0 Å². The predicted molar refractivity (Wildman–Crippen MR) is 129 cm³/mol. The summed E-state index contributed by atoms with van der Waals surface area (Å²) in [5.74, 6) is 2.84. The average molecular weight is 431 g/mol. The van der Waals surface area contributed by atoms with Crippen molar-refractivity contribution >= 4 is 10.9 Å². The van der Waals surface area contributed by atoms with Crippen LogP contribution in [0.3, 0.4) is 0 Å². The molecule has 2 aromatic heterocycles. The topological polar surface area (TPSA) is 43.1 Å². The molecule has 0 spiro atoms. The number of hydrogen-bond acceptors (Lipinski definition) is 2. The van der Waals surface area contributed by atoms with Crippen LogP contribution in [-0.2, 0) is 19.4 Å². The Morgan fingerprint density at radius 3 is 2.44 bits per heavy atom. The summed E-state index contributed by atoms with van der Waals surface area (Å²) in [6.07, 6.45) is 3.14. The number of aromatic nitrogens is 3. The fourth-order valence-electron chi connectivity index (χ4n) is 5.28. The Morgan fingerprint density at radius 2 is 1.78 bits per heavy atom. The SMILES string of the molecule is CCCc1c2[n+](c(-c3cc(OC)cc(OC)c3)n1C(C)C)CCc1c-2[nH]c2ccccc12. The maximum absolute atomic E-state index is 5.61. The molecule has 1 aliphatic heterocycles. The highest BCUT2D eigenvalue weighted by Crippen LogP contribution is 2.39. The number of imidazole rings is 1. The summed E-state index contributed by atoms with van der Waals surface area (Å²) < 4.78 is 16.3. The van der Waals surface area contributed by atoms with Crippen LogP contribution in [0.2, 0.25) is 0 Å². The first-order valence-electron chi connectivity index (χ1n) is 11.6. The molecule has 32 heavy (non-hydrogen) atoms. The number of nitrogens with one attached hydrogen (secondary N) is 1. The lowest BCUT2D eigenvalue weighted by Crippen LogP contribution is -2.41. The Hall–Kier alpha value is -3.21. The molecule has 5 heteroatoms. The van der Waals surface area contributed by atoms with Crippen LogP contribution in [0, 0.1) is 0 Å². The van der Waals surface area contributed by atoms with Gasteiger partial charge in [-0.3, -0.25) is 0 Å². The fraction of sp³-hybridized carbons (Fsp3) is 0.370. The Balaban J connectivity index is 1.85. The molecule has 3 heterocycles. The summed E-state index contributed by atoms with van der Waals surface area (Å²) in [5.41, 5.74) is 7.78. The largest absolute Gasteiger partial charge is 0.497 e. The average Bonchev–Trinajstić information content (AvgIpc) is 3.34. The van der Waals surface area contributed by atoms with Gasteiger partial charge in [-0.05, 0) is 44.0 Å². The highest BCUT2D eigenvalue weighted by molar-refractivity contribution is 5.90. The molecule has 0 amide bonds. The Bertz CT molecular complexity index is 1270. The summed E-state index contributed by atoms with van der Waals surface area (Å²) in [5, 5.41) is 1.35. The standard InChI is InChI=1S/C27H32N3O2/c1-6-9-24-26-25-22(21-10-7-8-11-23(21)28-25)12-13-29(26)27(30(24)17(2)3)18-14-19(31-4)16-20(15-18)32-5/h7-8,10-11,14-17,28H,6,9,12-13H2,1-5H3/q+1. The van der Waals surface area contributed by atoms with E-state index < -0.39 is 0 Å². The van der Waals surface area contributed by atoms with Crippen molar-refractivity contribution in [3.8, 4) is 34.3 Å². The molecule has 5 rings (SSSR count). The second-order valence-electron chi connectivity index (χ2n) is 8.86. The highest BCUT2D eigenvalue weighted by atomic mass is 16.5. The maximum atomic E-state index is 5.61. The van der Waals surface area contributed by atoms with Crippen molar-refractivity contribution in [2.24, 2.45) is 0 Å². The minimum atomic E-state index is 0.328. The number of nitrogens with zero attached hydrogens (tertiary/aromatic N) is 2. The van der Waals surface area contributed by atoms with E-state index in [-0.39, 0.29) is 0 Å². The molecule has 2 aromatic carbocycles. The van der Waals surface area contributed by atoms with E-state index in [2.05, 4.69) is 71.3 Å². The summed E-state index contributed by atoms with van der Waals surface area (Å²) in [6, 6.07) is 15.2. The Labute approximate surface area is 189 Å². The van der Waals surface area contributed by atoms with E-state index in [1.165, 1.54) is 39.4 Å². The minimum absolute atomic E-state index is 0.328. The molecule has 0 saturated heterocycles. The van der Waals surface area contributed by atoms with Gasteiger partial charge in [0, 0.05) is 29.8 Å². The van der Waals surface area contributed by atoms with Crippen LogP contribution < -0.4 is 14.0 Å². The molecule has 4 aromatic rings. The molecule has 1 N–H and O–H groups in total. The predicted octanol–water partition coefficient (Wildman–Crippen LogP) is 5.70. The van der Waals surface area contributed by atoms with Crippen LogP contribution in [0.4, 0.5) is 0 Å². The number of rotatable bonds is 6. The maximum Gasteiger partial charge on any atom is 0.290 e. The molecule has 0 atom stereocenters. The molecule has 0 aliphatic carbocycles. The number of para-hydroxylation sites is 1. The van der Waals surface area contributed by atoms with Gasteiger partial charge in [-0.1, -0.05) is 25.1 Å². The second kappa shape index (κ2) is 8.05. The van der Waals surface area contributed by atoms with Gasteiger partial charge in [-0.15, -0.1) is 0 Å². The van der Waals surface area contributed by atoms with Crippen LogP contribution >= 0.6 is 0 Å². The Kier molecular flexibility index (Phi) is 5.20. The number of benzene rings is 2. The molecular formula is C27H32N3O2+. The van der Waals surface area contributed by atoms with E-state index in [1.807, 2.05) is 6.07 Å². The van der Waals surface area contributed by atoms with Crippen LogP contribution in [-0.4, -0.2) is 23.8 Å². The normalized spacial score (nSPS) is 12.8. The van der Waals surface area contributed by atoms with E-state index in [9.17, 15) is 0 Å². The summed E-state index contributed by atoms with van der Waals surface area (Å²) in [7, 11) is 3.42. The molecule has 0 unspecified atom stereocenters. The van der Waals surface area contributed by atoms with Crippen molar-refractivity contribution in [1.29, 1.82) is 0 Å². The third-order valence-corrected chi connectivity index (χ3v) is 6.57. The number of ether oxygens (including phenoxy) is 2. The van der Waals surface area contributed by atoms with E-state index in [0.717, 1.165) is 42.9 Å². The van der Waals surface area contributed by atoms with Gasteiger partial charge < -0.3 is 14.5 Å². The van der Waals surface area contributed by atoms with Crippen LogP contribution in [0.15, 0.2) is 42.5 Å². The third kappa shape index (κ3) is 3.10. The van der Waals surface area contributed by atoms with E-state index in [0.29, 0.717) is 6.04 Å². The second-order valence-corrected chi connectivity index (χ2v) is 8.86. The van der Waals surface area contributed by atoms with E-state index in [4.69, 9.17) is 9.47 Å². The molecule has 166 valence electrons. The molecular weight excluding hydrogens is 398 g/mol. The molecule has 5 nitrogen and oxygen atoms in total. The van der Waals surface area contributed by atoms with E-state index >= 15 is 0 Å². The number of methoxy groups -OCH3 is 2. The lowest BCUT2D eigenvalue weighted by atomic mass is 10.0. The quantitative estimate of drug-likeness (QED) is 0.399. The van der Waals surface area contributed by atoms with Crippen LogP contribution in [0.1, 0.15) is 44.5 Å². The smallest absolute Gasteiger partial charge is 0.290 e. The highest BCUT2D eigenvalue weighted by Gasteiger charge is 2.38. The number of aryl methyl sites for hydroxylation is 1. The van der Waals surface area contributed by atoms with Gasteiger partial charge in [-0.25, -0.2) is 9.13 Å². The fourth-order valence-corrected chi connectivity index (χ4v) is 5.28. The lowest BCUT2D eigenvalue weighted by Gasteiger charge is -2.14. The zero-order valence-corrected chi connectivity index (χ0v) is 19.7. The van der Waals surface area contributed by atoms with Crippen molar-refractivity contribution in [1.82, 2.24) is 9.55 Å². The summed E-state index contributed by atoms with van der Waals surface area (Å²) in [6.45, 7) is 7.77. The van der Waals surface area contributed by atoms with Crippen LogP contribution in [0.5, 0.6) is 11.5 Å². The summed E-state index contributed by atoms with van der Waals surface area (Å²) >= 11 is 0. The van der Waals surface area contributed by atoms with Crippen molar-refractivity contribution in [2.45, 2.75) is 52.6 Å². The zero-order valence-electron chi connectivity index (χ0n) is 19.7. The molecule has 0 bridgehead atoms. The van der Waals surface area contributed by atoms with Gasteiger partial charge in [0.2, 0.25) is 0 Å². The van der Waals surface area contributed by atoms with Crippen LogP contribution in [0.25, 0.3) is 33.7 Å². The van der Waals surface area contributed by atoms with Gasteiger partial charge in [0.15, 0.2) is 11.4 Å². The van der Waals surface area contributed by atoms with Gasteiger partial charge in [0.1, 0.15) is 11.5 Å². The van der Waals surface area contributed by atoms with Crippen molar-refractivity contribution in [2.75, 3.05) is 14.2 Å². The molecule has 0 radical (unpaired) electrons. The first-order chi connectivity index (χ1) is 15.6. The van der Waals surface area contributed by atoms with Gasteiger partial charge in [-0.2, -0.15) is 0 Å².